The minimum Gasteiger partial charge on any atom is -0.326 e. The second-order valence-corrected chi connectivity index (χ2v) is 4.40. The minimum absolute atomic E-state index is 0.0266. The van der Waals surface area contributed by atoms with Crippen molar-refractivity contribution in [3.63, 3.8) is 0 Å². The molecule has 1 amide bonds. The zero-order valence-electron chi connectivity index (χ0n) is 8.76. The largest absolute Gasteiger partial charge is 0.326 e. The Bertz CT molecular complexity index is 336. The Labute approximate surface area is 89.1 Å². The van der Waals surface area contributed by atoms with Gasteiger partial charge >= 0.3 is 0 Å². The fraction of sp³-hybridized carbons (Fsp3) is 0.364. The molecular formula is C11H15NOS. The molecule has 0 aliphatic carbocycles. The van der Waals surface area contributed by atoms with Gasteiger partial charge < -0.3 is 5.32 Å². The van der Waals surface area contributed by atoms with Crippen LogP contribution in [0.2, 0.25) is 0 Å². The second-order valence-electron chi connectivity index (χ2n) is 3.09. The van der Waals surface area contributed by atoms with Crippen LogP contribution in [-0.4, -0.2) is 11.7 Å². The monoisotopic (exact) mass is 209 g/mol. The van der Waals surface area contributed by atoms with Crippen molar-refractivity contribution in [3.8, 4) is 0 Å². The summed E-state index contributed by atoms with van der Waals surface area (Å²) in [7, 11) is 0. The first-order valence-corrected chi connectivity index (χ1v) is 5.63. The molecule has 0 spiro atoms. The molecular weight excluding hydrogens is 194 g/mol. The van der Waals surface area contributed by atoms with E-state index in [0.29, 0.717) is 0 Å². The summed E-state index contributed by atoms with van der Waals surface area (Å²) in [6.45, 7) is 5.72. The molecule has 1 rings (SSSR count). The van der Waals surface area contributed by atoms with Crippen molar-refractivity contribution >= 4 is 23.4 Å². The number of hydrogen-bond acceptors (Lipinski definition) is 2. The van der Waals surface area contributed by atoms with Gasteiger partial charge in [0.05, 0.1) is 0 Å². The molecule has 0 saturated heterocycles. The molecule has 2 nitrogen and oxygen atoms in total. The predicted molar refractivity (Wildman–Crippen MR) is 61.9 cm³/mol. The first kappa shape index (κ1) is 11.1. The Morgan fingerprint density at radius 2 is 2.21 bits per heavy atom. The van der Waals surface area contributed by atoms with Gasteiger partial charge in [-0.25, -0.2) is 0 Å². The van der Waals surface area contributed by atoms with E-state index in [-0.39, 0.29) is 5.91 Å². The third-order valence-electron chi connectivity index (χ3n) is 1.81. The fourth-order valence-corrected chi connectivity index (χ4v) is 2.01. The Morgan fingerprint density at radius 1 is 1.50 bits per heavy atom. The van der Waals surface area contributed by atoms with E-state index in [0.717, 1.165) is 11.4 Å². The molecule has 0 aliphatic rings. The number of rotatable bonds is 3. The Morgan fingerprint density at radius 3 is 2.79 bits per heavy atom. The van der Waals surface area contributed by atoms with Crippen LogP contribution in [-0.2, 0) is 4.79 Å². The van der Waals surface area contributed by atoms with Crippen molar-refractivity contribution in [3.05, 3.63) is 23.8 Å². The maximum atomic E-state index is 10.8. The zero-order valence-corrected chi connectivity index (χ0v) is 9.57. The summed E-state index contributed by atoms with van der Waals surface area (Å²) in [5, 5.41) is 2.78. The molecule has 0 fully saturated rings. The Balaban J connectivity index is 2.88. The molecule has 14 heavy (non-hydrogen) atoms. The van der Waals surface area contributed by atoms with Gasteiger partial charge in [-0.05, 0) is 30.4 Å². The van der Waals surface area contributed by atoms with Gasteiger partial charge in [-0.15, -0.1) is 11.8 Å². The SMILES string of the molecule is CCSc1cc(NC(C)=O)ccc1C. The lowest BCUT2D eigenvalue weighted by atomic mass is 10.2. The quantitative estimate of drug-likeness (QED) is 0.775. The fourth-order valence-electron chi connectivity index (χ4n) is 1.19. The standard InChI is InChI=1S/C11H15NOS/c1-4-14-11-7-10(12-9(3)13)6-5-8(11)2/h5-7H,4H2,1-3H3,(H,12,13). The zero-order chi connectivity index (χ0) is 10.6. The highest BCUT2D eigenvalue weighted by Gasteiger charge is 2.01. The van der Waals surface area contributed by atoms with Crippen LogP contribution in [0.15, 0.2) is 23.1 Å². The highest BCUT2D eigenvalue weighted by Crippen LogP contribution is 2.25. The van der Waals surface area contributed by atoms with E-state index in [1.807, 2.05) is 18.2 Å². The number of thioether (sulfide) groups is 1. The lowest BCUT2D eigenvalue weighted by Gasteiger charge is -2.07. The molecule has 0 atom stereocenters. The average Bonchev–Trinajstić information content (AvgIpc) is 2.10. The van der Waals surface area contributed by atoms with Crippen molar-refractivity contribution in [1.82, 2.24) is 0 Å². The first-order chi connectivity index (χ1) is 6.63. The number of aryl methyl sites for hydroxylation is 1. The van der Waals surface area contributed by atoms with Gasteiger partial charge in [0.2, 0.25) is 5.91 Å². The van der Waals surface area contributed by atoms with Gasteiger partial charge in [0.1, 0.15) is 0 Å². The molecule has 3 heteroatoms. The number of carbonyl (C=O) groups excluding carboxylic acids is 1. The molecule has 0 unspecified atom stereocenters. The van der Waals surface area contributed by atoms with Gasteiger partial charge in [-0.2, -0.15) is 0 Å². The molecule has 76 valence electrons. The molecule has 0 bridgehead atoms. The van der Waals surface area contributed by atoms with E-state index >= 15 is 0 Å². The van der Waals surface area contributed by atoms with Crippen LogP contribution in [0.3, 0.4) is 0 Å². The van der Waals surface area contributed by atoms with E-state index in [9.17, 15) is 4.79 Å². The number of hydrogen-bond donors (Lipinski definition) is 1. The molecule has 1 aromatic carbocycles. The van der Waals surface area contributed by atoms with Gasteiger partial charge in [0.25, 0.3) is 0 Å². The van der Waals surface area contributed by atoms with Crippen molar-refractivity contribution in [2.24, 2.45) is 0 Å². The van der Waals surface area contributed by atoms with Crippen LogP contribution in [0.4, 0.5) is 5.69 Å². The van der Waals surface area contributed by atoms with Crippen molar-refractivity contribution in [2.75, 3.05) is 11.1 Å². The summed E-state index contributed by atoms with van der Waals surface area (Å²) in [6, 6.07) is 5.98. The lowest BCUT2D eigenvalue weighted by Crippen LogP contribution is -2.05. The first-order valence-electron chi connectivity index (χ1n) is 4.64. The maximum absolute atomic E-state index is 10.8. The summed E-state index contributed by atoms with van der Waals surface area (Å²) in [6.07, 6.45) is 0. The maximum Gasteiger partial charge on any atom is 0.221 e. The number of anilines is 1. The van der Waals surface area contributed by atoms with Crippen molar-refractivity contribution < 1.29 is 4.79 Å². The lowest BCUT2D eigenvalue weighted by molar-refractivity contribution is -0.114. The molecule has 0 radical (unpaired) electrons. The van der Waals surface area contributed by atoms with Gasteiger partial charge in [0.15, 0.2) is 0 Å². The normalized spacial score (nSPS) is 9.93. The second kappa shape index (κ2) is 5.05. The smallest absolute Gasteiger partial charge is 0.221 e. The van der Waals surface area contributed by atoms with Crippen molar-refractivity contribution in [2.45, 2.75) is 25.7 Å². The third kappa shape index (κ3) is 3.07. The summed E-state index contributed by atoms with van der Waals surface area (Å²) >= 11 is 1.79. The molecule has 0 heterocycles. The summed E-state index contributed by atoms with van der Waals surface area (Å²) < 4.78 is 0. The molecule has 0 aliphatic heterocycles. The molecule has 1 aromatic rings. The van der Waals surface area contributed by atoms with Crippen LogP contribution in [0.1, 0.15) is 19.4 Å². The van der Waals surface area contributed by atoms with E-state index in [4.69, 9.17) is 0 Å². The van der Waals surface area contributed by atoms with E-state index in [2.05, 4.69) is 19.2 Å². The van der Waals surface area contributed by atoms with Gasteiger partial charge in [-0.1, -0.05) is 13.0 Å². The van der Waals surface area contributed by atoms with Crippen molar-refractivity contribution in [1.29, 1.82) is 0 Å². The Hall–Kier alpha value is -0.960. The summed E-state index contributed by atoms with van der Waals surface area (Å²) in [5.41, 5.74) is 2.13. The molecule has 1 N–H and O–H groups in total. The van der Waals surface area contributed by atoms with E-state index in [1.54, 1.807) is 11.8 Å². The number of carbonyl (C=O) groups is 1. The van der Waals surface area contributed by atoms with Gasteiger partial charge in [-0.3, -0.25) is 4.79 Å². The minimum atomic E-state index is -0.0266. The highest BCUT2D eigenvalue weighted by molar-refractivity contribution is 7.99. The van der Waals surface area contributed by atoms with Crippen LogP contribution >= 0.6 is 11.8 Å². The number of nitrogens with one attached hydrogen (secondary N) is 1. The average molecular weight is 209 g/mol. The number of amides is 1. The third-order valence-corrected chi connectivity index (χ3v) is 2.85. The topological polar surface area (TPSA) is 29.1 Å². The van der Waals surface area contributed by atoms with Crippen LogP contribution in [0.25, 0.3) is 0 Å². The summed E-state index contributed by atoms with van der Waals surface area (Å²) in [4.78, 5) is 12.1. The van der Waals surface area contributed by atoms with Crippen LogP contribution < -0.4 is 5.32 Å². The Kier molecular flexibility index (Phi) is 4.01. The highest BCUT2D eigenvalue weighted by atomic mass is 32.2. The molecule has 0 aromatic heterocycles. The number of benzene rings is 1. The van der Waals surface area contributed by atoms with Crippen LogP contribution in [0.5, 0.6) is 0 Å². The van der Waals surface area contributed by atoms with E-state index < -0.39 is 0 Å². The van der Waals surface area contributed by atoms with Gasteiger partial charge in [0, 0.05) is 17.5 Å². The predicted octanol–water partition coefficient (Wildman–Crippen LogP) is 3.07. The van der Waals surface area contributed by atoms with Crippen LogP contribution in [0, 0.1) is 6.92 Å². The summed E-state index contributed by atoms with van der Waals surface area (Å²) in [5.74, 6) is 1.02. The molecule has 0 saturated carbocycles. The van der Waals surface area contributed by atoms with E-state index in [1.165, 1.54) is 17.4 Å².